The van der Waals surface area contributed by atoms with Crippen molar-refractivity contribution in [2.75, 3.05) is 0 Å². The Morgan fingerprint density at radius 1 is 1.06 bits per heavy atom. The van der Waals surface area contributed by atoms with Crippen molar-refractivity contribution in [2.45, 2.75) is 58.8 Å². The Kier molecular flexibility index (Phi) is 3.37. The smallest absolute Gasteiger partial charge is 0.0161 e. The summed E-state index contributed by atoms with van der Waals surface area (Å²) in [6.45, 7) is 9.20. The number of hydrogen-bond acceptors (Lipinski definition) is 0. The zero-order chi connectivity index (χ0) is 11.7. The largest absolute Gasteiger partial charge is 0.0625 e. The van der Waals surface area contributed by atoms with Gasteiger partial charge in [-0.25, -0.2) is 0 Å². The Labute approximate surface area is 100 Å². The van der Waals surface area contributed by atoms with Gasteiger partial charge in [-0.3, -0.25) is 0 Å². The summed E-state index contributed by atoms with van der Waals surface area (Å²) in [5, 5.41) is 0. The van der Waals surface area contributed by atoms with Crippen LogP contribution in [0.2, 0.25) is 0 Å². The molecule has 0 atom stereocenters. The molecule has 88 valence electrons. The van der Waals surface area contributed by atoms with Gasteiger partial charge in [0.15, 0.2) is 0 Å². The Balaban J connectivity index is 2.28. The van der Waals surface area contributed by atoms with Crippen LogP contribution in [0.1, 0.15) is 69.1 Å². The lowest BCUT2D eigenvalue weighted by molar-refractivity contribution is 0.645. The van der Waals surface area contributed by atoms with E-state index in [4.69, 9.17) is 0 Å². The maximum atomic E-state index is 2.45. The topological polar surface area (TPSA) is 0 Å². The van der Waals surface area contributed by atoms with E-state index < -0.39 is 0 Å². The number of hydrogen-bond donors (Lipinski definition) is 0. The normalized spacial score (nSPS) is 16.1. The van der Waals surface area contributed by atoms with Crippen LogP contribution in [0.3, 0.4) is 0 Å². The first-order valence-electron chi connectivity index (χ1n) is 6.70. The van der Waals surface area contributed by atoms with Gasteiger partial charge in [0.1, 0.15) is 0 Å². The summed E-state index contributed by atoms with van der Waals surface area (Å²) in [5.74, 6) is 2.30. The average molecular weight is 216 g/mol. The lowest BCUT2D eigenvalue weighted by atomic mass is 9.92. The SMILES string of the molecule is CC(C)Cc1cc(C(C)C)cc(C2CC2)c1. The van der Waals surface area contributed by atoms with Gasteiger partial charge in [-0.2, -0.15) is 0 Å². The van der Waals surface area contributed by atoms with Gasteiger partial charge in [-0.05, 0) is 53.7 Å². The van der Waals surface area contributed by atoms with E-state index in [1.165, 1.54) is 24.8 Å². The van der Waals surface area contributed by atoms with Gasteiger partial charge in [0.05, 0.1) is 0 Å². The quantitative estimate of drug-likeness (QED) is 0.672. The van der Waals surface area contributed by atoms with Gasteiger partial charge in [-0.1, -0.05) is 45.9 Å². The lowest BCUT2D eigenvalue weighted by Gasteiger charge is -2.13. The molecule has 0 aliphatic heterocycles. The van der Waals surface area contributed by atoms with E-state index >= 15 is 0 Å². The molecule has 0 bridgehead atoms. The van der Waals surface area contributed by atoms with E-state index in [1.807, 2.05) is 0 Å². The zero-order valence-corrected chi connectivity index (χ0v) is 11.1. The second-order valence-corrected chi connectivity index (χ2v) is 6.03. The van der Waals surface area contributed by atoms with E-state index in [1.54, 1.807) is 11.1 Å². The first kappa shape index (κ1) is 11.7. The minimum absolute atomic E-state index is 0.657. The fraction of sp³-hybridized carbons (Fsp3) is 0.625. The van der Waals surface area contributed by atoms with Crippen molar-refractivity contribution in [2.24, 2.45) is 5.92 Å². The van der Waals surface area contributed by atoms with Gasteiger partial charge in [-0.15, -0.1) is 0 Å². The van der Waals surface area contributed by atoms with Gasteiger partial charge in [0.2, 0.25) is 0 Å². The van der Waals surface area contributed by atoms with Gasteiger partial charge in [0, 0.05) is 0 Å². The van der Waals surface area contributed by atoms with E-state index in [0.29, 0.717) is 5.92 Å². The molecule has 0 N–H and O–H groups in total. The predicted molar refractivity (Wildman–Crippen MR) is 71.0 cm³/mol. The molecule has 0 nitrogen and oxygen atoms in total. The molecule has 0 aromatic heterocycles. The molecular weight excluding hydrogens is 192 g/mol. The molecule has 0 heterocycles. The van der Waals surface area contributed by atoms with E-state index in [-0.39, 0.29) is 0 Å². The molecule has 1 aromatic rings. The molecule has 16 heavy (non-hydrogen) atoms. The maximum absolute atomic E-state index is 2.45. The monoisotopic (exact) mass is 216 g/mol. The molecule has 2 rings (SSSR count). The third kappa shape index (κ3) is 2.87. The molecule has 1 aliphatic carbocycles. The standard InChI is InChI=1S/C16H24/c1-11(2)7-13-8-15(12(3)4)10-16(9-13)14-5-6-14/h8-12,14H,5-7H2,1-4H3. The van der Waals surface area contributed by atoms with Crippen LogP contribution in [0.5, 0.6) is 0 Å². The maximum Gasteiger partial charge on any atom is -0.0161 e. The third-order valence-corrected chi connectivity index (χ3v) is 3.40. The van der Waals surface area contributed by atoms with Crippen LogP contribution < -0.4 is 0 Å². The summed E-state index contributed by atoms with van der Waals surface area (Å²) in [6.07, 6.45) is 4.03. The van der Waals surface area contributed by atoms with Gasteiger partial charge in [0.25, 0.3) is 0 Å². The van der Waals surface area contributed by atoms with Crippen molar-refractivity contribution in [3.63, 3.8) is 0 Å². The van der Waals surface area contributed by atoms with E-state index in [0.717, 1.165) is 11.8 Å². The van der Waals surface area contributed by atoms with Gasteiger partial charge >= 0.3 is 0 Å². The van der Waals surface area contributed by atoms with Crippen LogP contribution in [-0.4, -0.2) is 0 Å². The van der Waals surface area contributed by atoms with Gasteiger partial charge < -0.3 is 0 Å². The highest BCUT2D eigenvalue weighted by Crippen LogP contribution is 2.41. The third-order valence-electron chi connectivity index (χ3n) is 3.40. The fourth-order valence-corrected chi connectivity index (χ4v) is 2.32. The van der Waals surface area contributed by atoms with Crippen molar-refractivity contribution in [1.82, 2.24) is 0 Å². The Hall–Kier alpha value is -0.780. The zero-order valence-electron chi connectivity index (χ0n) is 11.1. The van der Waals surface area contributed by atoms with Crippen LogP contribution in [0, 0.1) is 5.92 Å². The fourth-order valence-electron chi connectivity index (χ4n) is 2.32. The lowest BCUT2D eigenvalue weighted by Crippen LogP contribution is -1.98. The highest BCUT2D eigenvalue weighted by Gasteiger charge is 2.24. The molecule has 1 fully saturated rings. The minimum Gasteiger partial charge on any atom is -0.0625 e. The van der Waals surface area contributed by atoms with Crippen molar-refractivity contribution >= 4 is 0 Å². The van der Waals surface area contributed by atoms with Crippen LogP contribution in [0.15, 0.2) is 18.2 Å². The number of rotatable bonds is 4. The van der Waals surface area contributed by atoms with Crippen LogP contribution >= 0.6 is 0 Å². The Bertz CT molecular complexity index is 336. The number of benzene rings is 1. The van der Waals surface area contributed by atoms with Crippen LogP contribution in [0.4, 0.5) is 0 Å². The molecule has 0 spiro atoms. The predicted octanol–water partition coefficient (Wildman–Crippen LogP) is 4.89. The first-order valence-corrected chi connectivity index (χ1v) is 6.70. The Morgan fingerprint density at radius 3 is 2.25 bits per heavy atom. The summed E-state index contributed by atoms with van der Waals surface area (Å²) < 4.78 is 0. The first-order chi connectivity index (χ1) is 7.56. The molecular formula is C16H24. The summed E-state index contributed by atoms with van der Waals surface area (Å²) >= 11 is 0. The molecule has 0 saturated heterocycles. The van der Waals surface area contributed by atoms with E-state index in [2.05, 4.69) is 45.9 Å². The van der Waals surface area contributed by atoms with E-state index in [9.17, 15) is 0 Å². The molecule has 1 aromatic carbocycles. The van der Waals surface area contributed by atoms with Crippen molar-refractivity contribution < 1.29 is 0 Å². The Morgan fingerprint density at radius 2 is 1.75 bits per heavy atom. The van der Waals surface area contributed by atoms with Crippen LogP contribution in [-0.2, 0) is 6.42 Å². The molecule has 0 unspecified atom stereocenters. The molecule has 0 heteroatoms. The van der Waals surface area contributed by atoms with Crippen molar-refractivity contribution in [1.29, 1.82) is 0 Å². The highest BCUT2D eigenvalue weighted by atomic mass is 14.3. The minimum atomic E-state index is 0.657. The molecule has 0 amide bonds. The van der Waals surface area contributed by atoms with Crippen molar-refractivity contribution in [3.8, 4) is 0 Å². The summed E-state index contributed by atoms with van der Waals surface area (Å²) in [5.41, 5.74) is 4.67. The molecule has 1 saturated carbocycles. The second-order valence-electron chi connectivity index (χ2n) is 6.03. The van der Waals surface area contributed by atoms with Crippen LogP contribution in [0.25, 0.3) is 0 Å². The molecule has 0 radical (unpaired) electrons. The summed E-state index contributed by atoms with van der Waals surface area (Å²) in [6, 6.07) is 7.30. The summed E-state index contributed by atoms with van der Waals surface area (Å²) in [7, 11) is 0. The highest BCUT2D eigenvalue weighted by molar-refractivity contribution is 5.36. The van der Waals surface area contributed by atoms with Crippen molar-refractivity contribution in [3.05, 3.63) is 34.9 Å². The second kappa shape index (κ2) is 4.61. The average Bonchev–Trinajstić information content (AvgIpc) is 2.98. The summed E-state index contributed by atoms with van der Waals surface area (Å²) in [4.78, 5) is 0. The molecule has 1 aliphatic rings.